The lowest BCUT2D eigenvalue weighted by Crippen LogP contribution is -2.41. The predicted octanol–water partition coefficient (Wildman–Crippen LogP) is 5.34. The first kappa shape index (κ1) is 28.5. The quantitative estimate of drug-likeness (QED) is 0.400. The fraction of sp³-hybridized carbons (Fsp3) is 0.469. The van der Waals surface area contributed by atoms with Crippen molar-refractivity contribution < 1.29 is 19.1 Å². The van der Waals surface area contributed by atoms with E-state index in [4.69, 9.17) is 9.47 Å². The number of likely N-dealkylation sites (N-methyl/N-ethyl adjacent to an activating group) is 1. The number of hydrogen-bond donors (Lipinski definition) is 0. The van der Waals surface area contributed by atoms with Crippen LogP contribution in [0.2, 0.25) is 0 Å². The van der Waals surface area contributed by atoms with Crippen molar-refractivity contribution in [1.82, 2.24) is 9.47 Å². The average Bonchev–Trinajstić information content (AvgIpc) is 2.94. The molecule has 1 fully saturated rings. The number of anilines is 3. The molecule has 1 aromatic heterocycles. The van der Waals surface area contributed by atoms with Crippen molar-refractivity contribution in [1.29, 1.82) is 0 Å². The topological polar surface area (TPSA) is 84.3 Å². The van der Waals surface area contributed by atoms with E-state index in [2.05, 4.69) is 29.0 Å². The Balaban J connectivity index is 1.59. The molecule has 1 amide bonds. The van der Waals surface area contributed by atoms with E-state index in [0.29, 0.717) is 30.8 Å². The third kappa shape index (κ3) is 5.49. The number of carbonyl (C=O) groups is 2. The summed E-state index contributed by atoms with van der Waals surface area (Å²) in [6, 6.07) is 12.0. The molecule has 0 atom stereocenters. The number of piperidine rings is 1. The van der Waals surface area contributed by atoms with Gasteiger partial charge in [0, 0.05) is 51.2 Å². The zero-order valence-electron chi connectivity index (χ0n) is 25.1. The summed E-state index contributed by atoms with van der Waals surface area (Å²) in [7, 11) is 5.26. The first-order chi connectivity index (χ1) is 19.4. The minimum absolute atomic E-state index is 0.0212. The number of ether oxygens (including phenoxy) is 2. The van der Waals surface area contributed by atoms with Crippen LogP contribution in [0.5, 0.6) is 0 Å². The maximum atomic E-state index is 13.0. The molecule has 5 rings (SSSR count). The number of nitrogens with zero attached hydrogens (tertiary/aromatic N) is 4. The number of hydrogen-bond acceptors (Lipinski definition) is 7. The van der Waals surface area contributed by atoms with Crippen LogP contribution >= 0.6 is 0 Å². The van der Waals surface area contributed by atoms with Gasteiger partial charge in [-0.2, -0.15) is 0 Å². The highest BCUT2D eigenvalue weighted by Crippen LogP contribution is 2.43. The summed E-state index contributed by atoms with van der Waals surface area (Å²) in [6.45, 7) is 10.2. The van der Waals surface area contributed by atoms with E-state index in [0.717, 1.165) is 52.9 Å². The Morgan fingerprint density at radius 1 is 0.902 bits per heavy atom. The number of rotatable bonds is 3. The SMILES string of the molecule is COC(=O)c1ccc2c(c1)N(c1cc(C3CCN(C(=O)OC(C)(C)C)CC3)cc3c1cc(C)c(=O)n3C)CCN2C. The highest BCUT2D eigenvalue weighted by atomic mass is 16.6. The molecule has 2 aliphatic rings. The lowest BCUT2D eigenvalue weighted by Gasteiger charge is -2.38. The molecule has 0 aliphatic carbocycles. The van der Waals surface area contributed by atoms with Crippen LogP contribution in [0, 0.1) is 6.92 Å². The molecule has 41 heavy (non-hydrogen) atoms. The third-order valence-electron chi connectivity index (χ3n) is 8.19. The van der Waals surface area contributed by atoms with Gasteiger partial charge < -0.3 is 28.7 Å². The number of fused-ring (bicyclic) bond motifs is 2. The van der Waals surface area contributed by atoms with Crippen LogP contribution in [0.25, 0.3) is 10.9 Å². The lowest BCUT2D eigenvalue weighted by atomic mass is 9.88. The molecule has 0 unspecified atom stereocenters. The Morgan fingerprint density at radius 3 is 2.27 bits per heavy atom. The van der Waals surface area contributed by atoms with Gasteiger partial charge in [-0.3, -0.25) is 4.79 Å². The number of carbonyl (C=O) groups excluding carboxylic acids is 2. The summed E-state index contributed by atoms with van der Waals surface area (Å²) >= 11 is 0. The summed E-state index contributed by atoms with van der Waals surface area (Å²) in [5, 5.41) is 0.985. The maximum absolute atomic E-state index is 13.0. The third-order valence-corrected chi connectivity index (χ3v) is 8.19. The summed E-state index contributed by atoms with van der Waals surface area (Å²) in [5.74, 6) is -0.156. The average molecular weight is 561 g/mol. The molecule has 2 aromatic carbocycles. The Kier molecular flexibility index (Phi) is 7.48. The normalized spacial score (nSPS) is 16.1. The minimum Gasteiger partial charge on any atom is -0.465 e. The number of aromatic nitrogens is 1. The fourth-order valence-electron chi connectivity index (χ4n) is 5.95. The maximum Gasteiger partial charge on any atom is 0.410 e. The van der Waals surface area contributed by atoms with E-state index in [1.54, 1.807) is 15.5 Å². The molecule has 2 aliphatic heterocycles. The van der Waals surface area contributed by atoms with Crippen LogP contribution in [0.1, 0.15) is 61.0 Å². The smallest absolute Gasteiger partial charge is 0.410 e. The monoisotopic (exact) mass is 560 g/mol. The molecule has 0 spiro atoms. The Hall–Kier alpha value is -4.01. The van der Waals surface area contributed by atoms with E-state index < -0.39 is 5.60 Å². The number of pyridine rings is 1. The van der Waals surface area contributed by atoms with E-state index in [1.165, 1.54) is 7.11 Å². The van der Waals surface area contributed by atoms with Gasteiger partial charge in [-0.1, -0.05) is 0 Å². The number of likely N-dealkylation sites (tertiary alicyclic amines) is 1. The van der Waals surface area contributed by atoms with Gasteiger partial charge in [0.2, 0.25) is 0 Å². The summed E-state index contributed by atoms with van der Waals surface area (Å²) < 4.78 is 12.3. The van der Waals surface area contributed by atoms with Crippen LogP contribution in [0.15, 0.2) is 41.2 Å². The number of esters is 1. The predicted molar refractivity (Wildman–Crippen MR) is 162 cm³/mol. The Bertz CT molecular complexity index is 1560. The van der Waals surface area contributed by atoms with Crippen LogP contribution in [0.3, 0.4) is 0 Å². The number of methoxy groups -OCH3 is 1. The summed E-state index contributed by atoms with van der Waals surface area (Å²) in [5.41, 5.74) is 5.57. The molecular weight excluding hydrogens is 520 g/mol. The van der Waals surface area contributed by atoms with Gasteiger partial charge >= 0.3 is 12.1 Å². The molecule has 3 aromatic rings. The molecule has 9 heteroatoms. The fourth-order valence-corrected chi connectivity index (χ4v) is 5.95. The highest BCUT2D eigenvalue weighted by molar-refractivity contribution is 5.99. The number of benzene rings is 2. The molecular formula is C32H40N4O5. The van der Waals surface area contributed by atoms with E-state index in [1.807, 2.05) is 52.9 Å². The standard InChI is InChI=1S/C32H40N4O5/c1-20-16-24-26(34(6)29(20)37)18-23(21-10-12-35(13-11-21)31(39)41-32(2,3)4)19-27(24)36-15-14-33(5)25-9-8-22(17-28(25)36)30(38)40-7/h8-9,16-19,21H,10-15H2,1-7H3. The van der Waals surface area contributed by atoms with Crippen LogP contribution < -0.4 is 15.4 Å². The molecule has 218 valence electrons. The van der Waals surface area contributed by atoms with E-state index in [-0.39, 0.29) is 23.5 Å². The zero-order chi connectivity index (χ0) is 29.6. The summed E-state index contributed by atoms with van der Waals surface area (Å²) in [6.07, 6.45) is 1.33. The van der Waals surface area contributed by atoms with Gasteiger partial charge in [-0.25, -0.2) is 9.59 Å². The van der Waals surface area contributed by atoms with E-state index in [9.17, 15) is 14.4 Å². The van der Waals surface area contributed by atoms with Crippen LogP contribution in [-0.2, 0) is 16.5 Å². The number of amides is 1. The lowest BCUT2D eigenvalue weighted by molar-refractivity contribution is 0.0204. The highest BCUT2D eigenvalue weighted by Gasteiger charge is 2.30. The first-order valence-electron chi connectivity index (χ1n) is 14.2. The van der Waals surface area contributed by atoms with Crippen LogP contribution in [-0.4, -0.2) is 67.5 Å². The second-order valence-corrected chi connectivity index (χ2v) is 12.2. The Morgan fingerprint density at radius 2 is 1.61 bits per heavy atom. The summed E-state index contributed by atoms with van der Waals surface area (Å²) in [4.78, 5) is 44.4. The van der Waals surface area contributed by atoms with Gasteiger partial charge in [-0.15, -0.1) is 0 Å². The van der Waals surface area contributed by atoms with Crippen molar-refractivity contribution in [2.45, 2.75) is 52.1 Å². The largest absolute Gasteiger partial charge is 0.465 e. The molecule has 1 saturated heterocycles. The van der Waals surface area contributed by atoms with E-state index >= 15 is 0 Å². The second kappa shape index (κ2) is 10.8. The van der Waals surface area contributed by atoms with Gasteiger partial charge in [0.15, 0.2) is 0 Å². The number of aryl methyl sites for hydroxylation is 2. The zero-order valence-corrected chi connectivity index (χ0v) is 25.1. The molecule has 0 N–H and O–H groups in total. The Labute approximate surface area is 241 Å². The molecule has 0 saturated carbocycles. The van der Waals surface area contributed by atoms with Crippen molar-refractivity contribution in [3.63, 3.8) is 0 Å². The molecule has 0 radical (unpaired) electrons. The minimum atomic E-state index is -0.531. The van der Waals surface area contributed by atoms with Crippen molar-refractivity contribution in [3.8, 4) is 0 Å². The molecule has 3 heterocycles. The molecule has 0 bridgehead atoms. The van der Waals surface area contributed by atoms with Gasteiger partial charge in [-0.05, 0) is 88.4 Å². The molecule has 9 nitrogen and oxygen atoms in total. The first-order valence-corrected chi connectivity index (χ1v) is 14.2. The van der Waals surface area contributed by atoms with Crippen LogP contribution in [0.4, 0.5) is 21.9 Å². The van der Waals surface area contributed by atoms with Crippen molar-refractivity contribution in [3.05, 3.63) is 63.4 Å². The van der Waals surface area contributed by atoms with Crippen molar-refractivity contribution in [2.75, 3.05) is 50.1 Å². The van der Waals surface area contributed by atoms with Gasteiger partial charge in [0.25, 0.3) is 5.56 Å². The second-order valence-electron chi connectivity index (χ2n) is 12.2. The van der Waals surface area contributed by atoms with Crippen molar-refractivity contribution in [2.24, 2.45) is 7.05 Å². The van der Waals surface area contributed by atoms with Gasteiger partial charge in [0.1, 0.15) is 5.60 Å². The van der Waals surface area contributed by atoms with Gasteiger partial charge in [0.05, 0.1) is 35.3 Å². The van der Waals surface area contributed by atoms with Crippen molar-refractivity contribution >= 4 is 40.0 Å².